The maximum absolute atomic E-state index is 12.2. The smallest absolute Gasteiger partial charge is 0.302 e. The zero-order chi connectivity index (χ0) is 23.5. The Bertz CT molecular complexity index is 1130. The summed E-state index contributed by atoms with van der Waals surface area (Å²) in [5.74, 6) is 2.96. The first-order chi connectivity index (χ1) is 15.8. The summed E-state index contributed by atoms with van der Waals surface area (Å²) in [4.78, 5) is 14.5. The Balaban J connectivity index is 1.78. The maximum Gasteiger partial charge on any atom is 0.302 e. The molecular weight excluding hydrogens is 426 g/mol. The van der Waals surface area contributed by atoms with Gasteiger partial charge in [0, 0.05) is 31.5 Å². The molecule has 0 unspecified atom stereocenters. The van der Waals surface area contributed by atoms with Crippen LogP contribution < -0.4 is 23.7 Å². The van der Waals surface area contributed by atoms with Crippen LogP contribution in [0.25, 0.3) is 0 Å². The van der Waals surface area contributed by atoms with Crippen molar-refractivity contribution in [1.82, 2.24) is 4.90 Å². The molecule has 2 aliphatic heterocycles. The van der Waals surface area contributed by atoms with E-state index >= 15 is 0 Å². The molecule has 0 N–H and O–H groups in total. The van der Waals surface area contributed by atoms with Crippen molar-refractivity contribution in [3.05, 3.63) is 40.5 Å². The third-order valence-corrected chi connectivity index (χ3v) is 7.25. The van der Waals surface area contributed by atoms with Crippen LogP contribution in [-0.4, -0.2) is 52.1 Å². The fourth-order valence-electron chi connectivity index (χ4n) is 5.88. The highest BCUT2D eigenvalue weighted by Crippen LogP contribution is 2.59. The number of hydrogen-bond acceptors (Lipinski definition) is 8. The topological polar surface area (TPSA) is 75.7 Å². The second kappa shape index (κ2) is 7.73. The lowest BCUT2D eigenvalue weighted by atomic mass is 9.60. The summed E-state index contributed by atoms with van der Waals surface area (Å²) < 4.78 is 34.4. The highest BCUT2D eigenvalue weighted by atomic mass is 16.7. The number of hydrogen-bond donors (Lipinski definition) is 0. The molecule has 3 atom stereocenters. The normalized spacial score (nSPS) is 24.9. The lowest BCUT2D eigenvalue weighted by molar-refractivity contribution is -0.153. The first kappa shape index (κ1) is 21.7. The molecule has 1 aliphatic carbocycles. The van der Waals surface area contributed by atoms with Crippen LogP contribution >= 0.6 is 0 Å². The molecule has 0 radical (unpaired) electrons. The Hall–Kier alpha value is -3.13. The zero-order valence-corrected chi connectivity index (χ0v) is 19.8. The highest BCUT2D eigenvalue weighted by molar-refractivity contribution is 5.68. The molecular formula is C25H29NO7. The molecule has 33 heavy (non-hydrogen) atoms. The van der Waals surface area contributed by atoms with Gasteiger partial charge in [0.15, 0.2) is 23.0 Å². The number of ether oxygens (including phenoxy) is 6. The summed E-state index contributed by atoms with van der Waals surface area (Å²) in [5, 5.41) is 0. The predicted octanol–water partition coefficient (Wildman–Crippen LogP) is 3.37. The Morgan fingerprint density at radius 1 is 1.03 bits per heavy atom. The number of rotatable bonds is 4. The summed E-state index contributed by atoms with van der Waals surface area (Å²) in [5.41, 5.74) is 3.70. The fourth-order valence-corrected chi connectivity index (χ4v) is 5.88. The lowest BCUT2D eigenvalue weighted by Crippen LogP contribution is -2.56. The van der Waals surface area contributed by atoms with Crippen molar-refractivity contribution in [2.75, 3.05) is 35.2 Å². The Morgan fingerprint density at radius 3 is 2.36 bits per heavy atom. The number of nitrogens with zero attached hydrogens (tertiary/aromatic N) is 1. The van der Waals surface area contributed by atoms with Crippen molar-refractivity contribution < 1.29 is 33.2 Å². The van der Waals surface area contributed by atoms with Crippen LogP contribution in [0.15, 0.2) is 18.2 Å². The van der Waals surface area contributed by atoms with Crippen molar-refractivity contribution in [2.45, 2.75) is 44.4 Å². The molecule has 0 spiro atoms. The van der Waals surface area contributed by atoms with Crippen LogP contribution in [0, 0.1) is 0 Å². The van der Waals surface area contributed by atoms with Gasteiger partial charge in [-0.15, -0.1) is 0 Å². The summed E-state index contributed by atoms with van der Waals surface area (Å²) in [6.45, 7) is 4.41. The number of fused-ring (bicyclic) bond motifs is 7. The van der Waals surface area contributed by atoms with Gasteiger partial charge in [-0.05, 0) is 41.9 Å². The van der Waals surface area contributed by atoms with Crippen molar-refractivity contribution in [2.24, 2.45) is 0 Å². The first-order valence-electron chi connectivity index (χ1n) is 11.0. The molecule has 0 saturated carbocycles. The molecule has 0 aromatic heterocycles. The molecule has 8 heteroatoms. The monoisotopic (exact) mass is 455 g/mol. The summed E-state index contributed by atoms with van der Waals surface area (Å²) in [7, 11) is 6.96. The van der Waals surface area contributed by atoms with Crippen LogP contribution in [0.5, 0.6) is 28.7 Å². The predicted molar refractivity (Wildman–Crippen MR) is 119 cm³/mol. The van der Waals surface area contributed by atoms with Crippen molar-refractivity contribution in [3.8, 4) is 28.7 Å². The number of carbonyl (C=O) groups is 1. The van der Waals surface area contributed by atoms with Gasteiger partial charge in [0.25, 0.3) is 0 Å². The van der Waals surface area contributed by atoms with E-state index in [0.717, 1.165) is 22.3 Å². The van der Waals surface area contributed by atoms with E-state index in [9.17, 15) is 4.79 Å². The van der Waals surface area contributed by atoms with E-state index < -0.39 is 11.5 Å². The largest absolute Gasteiger partial charge is 0.493 e. The Kier molecular flexibility index (Phi) is 5.08. The lowest BCUT2D eigenvalue weighted by Gasteiger charge is -2.54. The molecule has 0 saturated heterocycles. The van der Waals surface area contributed by atoms with E-state index in [0.29, 0.717) is 41.7 Å². The molecule has 5 rings (SSSR count). The van der Waals surface area contributed by atoms with E-state index in [-0.39, 0.29) is 18.8 Å². The van der Waals surface area contributed by atoms with Gasteiger partial charge in [0.2, 0.25) is 12.5 Å². The highest BCUT2D eigenvalue weighted by Gasteiger charge is 2.55. The molecule has 2 aromatic rings. The zero-order valence-electron chi connectivity index (χ0n) is 19.8. The molecule has 0 fully saturated rings. The van der Waals surface area contributed by atoms with Gasteiger partial charge in [-0.2, -0.15) is 0 Å². The number of esters is 1. The number of likely N-dealkylation sites (N-methyl/N-ethyl adjacent to an activating group) is 1. The van der Waals surface area contributed by atoms with Crippen molar-refractivity contribution in [1.29, 1.82) is 0 Å². The Morgan fingerprint density at radius 2 is 1.70 bits per heavy atom. The fraction of sp³-hybridized carbons (Fsp3) is 0.480. The van der Waals surface area contributed by atoms with E-state index in [1.165, 1.54) is 6.92 Å². The molecule has 2 aromatic carbocycles. The minimum absolute atomic E-state index is 0.0806. The molecule has 0 amide bonds. The summed E-state index contributed by atoms with van der Waals surface area (Å²) >= 11 is 0. The summed E-state index contributed by atoms with van der Waals surface area (Å²) in [6.07, 6.45) is 0.143. The Labute approximate surface area is 193 Å². The van der Waals surface area contributed by atoms with E-state index in [2.05, 4.69) is 18.9 Å². The third-order valence-electron chi connectivity index (χ3n) is 7.25. The SMILES string of the molecule is COc1cc2c(cc1OC)[C@@H]1N(C)Cc3c(cc(OC)c4c3OCO4)[C@]1(C)[C@H](OC(C)=O)C2. The van der Waals surface area contributed by atoms with Crippen molar-refractivity contribution in [3.63, 3.8) is 0 Å². The molecule has 0 bridgehead atoms. The number of benzene rings is 2. The van der Waals surface area contributed by atoms with Crippen LogP contribution in [0.3, 0.4) is 0 Å². The van der Waals surface area contributed by atoms with Crippen LogP contribution in [0.4, 0.5) is 0 Å². The van der Waals surface area contributed by atoms with Crippen LogP contribution in [0.2, 0.25) is 0 Å². The first-order valence-corrected chi connectivity index (χ1v) is 11.0. The number of methoxy groups -OCH3 is 3. The average Bonchev–Trinajstić information content (AvgIpc) is 3.28. The van der Waals surface area contributed by atoms with Gasteiger partial charge in [0.05, 0.1) is 26.7 Å². The minimum Gasteiger partial charge on any atom is -0.493 e. The van der Waals surface area contributed by atoms with E-state index in [4.69, 9.17) is 28.4 Å². The second-order valence-electron chi connectivity index (χ2n) is 8.98. The van der Waals surface area contributed by atoms with Crippen LogP contribution in [0.1, 0.15) is 42.1 Å². The standard InChI is InChI=1S/C25H29NO7/c1-13(27)33-21-8-14-7-18(28-4)19(29-5)9-15(14)24-25(21,2)17-10-20(30-6)23-22(31-12-32-23)16(17)11-26(24)3/h7,9-10,21,24H,8,11-12H2,1-6H3/t21-,24+,25-/m1/s1. The van der Waals surface area contributed by atoms with Crippen molar-refractivity contribution >= 4 is 5.97 Å². The van der Waals surface area contributed by atoms with Gasteiger partial charge in [0.1, 0.15) is 6.10 Å². The average molecular weight is 456 g/mol. The van der Waals surface area contributed by atoms with Gasteiger partial charge in [-0.1, -0.05) is 6.92 Å². The van der Waals surface area contributed by atoms with E-state index in [1.54, 1.807) is 21.3 Å². The van der Waals surface area contributed by atoms with Gasteiger partial charge < -0.3 is 28.4 Å². The molecule has 2 heterocycles. The summed E-state index contributed by atoms with van der Waals surface area (Å²) in [6, 6.07) is 5.98. The molecule has 176 valence electrons. The maximum atomic E-state index is 12.2. The second-order valence-corrected chi connectivity index (χ2v) is 8.98. The molecule has 8 nitrogen and oxygen atoms in total. The number of carbonyl (C=O) groups excluding carboxylic acids is 1. The third kappa shape index (κ3) is 3.04. The minimum atomic E-state index is -0.575. The van der Waals surface area contributed by atoms with E-state index in [1.807, 2.05) is 18.2 Å². The van der Waals surface area contributed by atoms with Gasteiger partial charge in [-0.25, -0.2) is 0 Å². The molecule has 3 aliphatic rings. The van der Waals surface area contributed by atoms with Crippen LogP contribution in [-0.2, 0) is 27.9 Å². The van der Waals surface area contributed by atoms with Gasteiger partial charge in [-0.3, -0.25) is 9.69 Å². The van der Waals surface area contributed by atoms with Gasteiger partial charge >= 0.3 is 5.97 Å². The quantitative estimate of drug-likeness (QED) is 0.650.